The number of nitrogens with zero attached hydrogens (tertiary/aromatic N) is 3. The molecule has 1 aromatic rings. The Balaban J connectivity index is 2.42. The molecule has 4 N–H and O–H groups in total. The van der Waals surface area contributed by atoms with Crippen LogP contribution in [0.1, 0.15) is 5.56 Å². The fourth-order valence-electron chi connectivity index (χ4n) is 1.32. The molecule has 2 unspecified atom stereocenters. The number of hydrogen-bond donors (Lipinski definition) is 2. The Bertz CT molecular complexity index is 372. The van der Waals surface area contributed by atoms with Crippen molar-refractivity contribution in [3.8, 4) is 0 Å². The molecule has 2 heterocycles. The molecule has 0 aliphatic carbocycles. The van der Waals surface area contributed by atoms with Gasteiger partial charge in [0.2, 0.25) is 0 Å². The fraction of sp³-hybridized carbons (Fsp3) is 0.222. The van der Waals surface area contributed by atoms with Crippen LogP contribution < -0.4 is 11.5 Å². The smallest absolute Gasteiger partial charge is 0.170 e. The molecule has 0 spiro atoms. The highest BCUT2D eigenvalue weighted by Gasteiger charge is 2.34. The molecule has 5 heteroatoms. The summed E-state index contributed by atoms with van der Waals surface area (Å²) in [6, 6.07) is 3.63. The quantitative estimate of drug-likeness (QED) is 0.631. The zero-order valence-corrected chi connectivity index (χ0v) is 7.54. The molecule has 1 aliphatic rings. The molecular weight excluding hydrogens is 178 g/mol. The van der Waals surface area contributed by atoms with Crippen molar-refractivity contribution in [3.05, 3.63) is 30.1 Å². The van der Waals surface area contributed by atoms with Crippen molar-refractivity contribution < 1.29 is 0 Å². The fourth-order valence-corrected chi connectivity index (χ4v) is 1.32. The molecule has 0 bridgehead atoms. The molecule has 0 fully saturated rings. The zero-order valence-electron chi connectivity index (χ0n) is 7.54. The summed E-state index contributed by atoms with van der Waals surface area (Å²) in [6.07, 6.45) is 5.87. The Morgan fingerprint density at radius 3 is 2.86 bits per heavy atom. The molecule has 14 heavy (non-hydrogen) atoms. The summed E-state index contributed by atoms with van der Waals surface area (Å²) in [5.41, 5.74) is 11.6. The van der Waals surface area contributed by atoms with Crippen LogP contribution in [0, 0.1) is 0 Å². The number of aromatic nitrogens is 1. The van der Waals surface area contributed by atoms with Crippen LogP contribution >= 0.6 is 0 Å². The van der Waals surface area contributed by atoms with Gasteiger partial charge in [0.25, 0.3) is 0 Å². The molecular formula is C9H11N5. The normalized spacial score (nSPS) is 30.6. The van der Waals surface area contributed by atoms with E-state index in [0.717, 1.165) is 5.56 Å². The lowest BCUT2D eigenvalue weighted by Gasteiger charge is -2.30. The molecule has 2 rings (SSSR count). The Morgan fingerprint density at radius 2 is 2.21 bits per heavy atom. The maximum atomic E-state index is 6.05. The SMILES string of the molecule is NC1N=CC=NC1(N)c1cccnc1. The zero-order chi connectivity index (χ0) is 10.0. The van der Waals surface area contributed by atoms with E-state index in [2.05, 4.69) is 15.0 Å². The lowest BCUT2D eigenvalue weighted by atomic mass is 9.99. The molecule has 72 valence electrons. The van der Waals surface area contributed by atoms with Crippen molar-refractivity contribution in [1.82, 2.24) is 4.98 Å². The molecule has 0 saturated heterocycles. The third-order valence-electron chi connectivity index (χ3n) is 2.18. The van der Waals surface area contributed by atoms with Crippen molar-refractivity contribution in [1.29, 1.82) is 0 Å². The predicted molar refractivity (Wildman–Crippen MR) is 55.1 cm³/mol. The molecule has 1 aliphatic heterocycles. The molecule has 0 radical (unpaired) electrons. The Labute approximate surface area is 81.6 Å². The van der Waals surface area contributed by atoms with Gasteiger partial charge in [0.15, 0.2) is 5.66 Å². The van der Waals surface area contributed by atoms with E-state index in [1.54, 1.807) is 30.9 Å². The molecule has 0 saturated carbocycles. The summed E-state index contributed by atoms with van der Waals surface area (Å²) in [4.78, 5) is 12.1. The monoisotopic (exact) mass is 189 g/mol. The topological polar surface area (TPSA) is 89.6 Å². The van der Waals surface area contributed by atoms with Gasteiger partial charge in [0, 0.05) is 30.4 Å². The van der Waals surface area contributed by atoms with Gasteiger partial charge in [0.05, 0.1) is 0 Å². The minimum absolute atomic E-state index is 0.559. The van der Waals surface area contributed by atoms with Crippen LogP contribution in [0.5, 0.6) is 0 Å². The van der Waals surface area contributed by atoms with Crippen molar-refractivity contribution in [2.45, 2.75) is 11.8 Å². The van der Waals surface area contributed by atoms with Gasteiger partial charge < -0.3 is 11.5 Å². The first-order chi connectivity index (χ1) is 6.73. The van der Waals surface area contributed by atoms with Crippen LogP contribution in [0.4, 0.5) is 0 Å². The second kappa shape index (κ2) is 3.28. The van der Waals surface area contributed by atoms with Gasteiger partial charge in [-0.3, -0.25) is 15.0 Å². The van der Waals surface area contributed by atoms with Crippen LogP contribution in [-0.4, -0.2) is 23.6 Å². The van der Waals surface area contributed by atoms with Crippen LogP contribution in [0.2, 0.25) is 0 Å². The second-order valence-corrected chi connectivity index (χ2v) is 3.09. The molecule has 2 atom stereocenters. The van der Waals surface area contributed by atoms with Crippen molar-refractivity contribution in [3.63, 3.8) is 0 Å². The van der Waals surface area contributed by atoms with Gasteiger partial charge in [0.1, 0.15) is 6.17 Å². The van der Waals surface area contributed by atoms with Gasteiger partial charge in [-0.25, -0.2) is 0 Å². The first-order valence-electron chi connectivity index (χ1n) is 4.25. The van der Waals surface area contributed by atoms with E-state index in [9.17, 15) is 0 Å². The minimum Gasteiger partial charge on any atom is -0.306 e. The largest absolute Gasteiger partial charge is 0.306 e. The van der Waals surface area contributed by atoms with E-state index in [-0.39, 0.29) is 0 Å². The Morgan fingerprint density at radius 1 is 1.36 bits per heavy atom. The highest BCUT2D eigenvalue weighted by atomic mass is 15.2. The van der Waals surface area contributed by atoms with Gasteiger partial charge in [-0.05, 0) is 6.07 Å². The summed E-state index contributed by atoms with van der Waals surface area (Å²) in [6.45, 7) is 0. The summed E-state index contributed by atoms with van der Waals surface area (Å²) in [5, 5.41) is 0. The highest BCUT2D eigenvalue weighted by Crippen LogP contribution is 2.23. The van der Waals surface area contributed by atoms with Crippen molar-refractivity contribution >= 4 is 12.4 Å². The van der Waals surface area contributed by atoms with Gasteiger partial charge in [-0.15, -0.1) is 0 Å². The lowest BCUT2D eigenvalue weighted by molar-refractivity contribution is 0.377. The Hall–Kier alpha value is -1.59. The summed E-state index contributed by atoms with van der Waals surface area (Å²) in [5.74, 6) is 0. The maximum Gasteiger partial charge on any atom is 0.170 e. The minimum atomic E-state index is -0.983. The van der Waals surface area contributed by atoms with E-state index < -0.39 is 11.8 Å². The van der Waals surface area contributed by atoms with Crippen LogP contribution in [0.25, 0.3) is 0 Å². The number of aliphatic imine (C=N–C) groups is 2. The number of pyridine rings is 1. The summed E-state index contributed by atoms with van der Waals surface area (Å²) in [7, 11) is 0. The van der Waals surface area contributed by atoms with E-state index >= 15 is 0 Å². The van der Waals surface area contributed by atoms with Gasteiger partial charge >= 0.3 is 0 Å². The first-order valence-corrected chi connectivity index (χ1v) is 4.25. The standard InChI is InChI=1S/C9H11N5/c10-8-9(11,14-5-4-13-8)7-2-1-3-12-6-7/h1-6,8H,10-11H2. The predicted octanol–water partition coefficient (Wildman–Crippen LogP) is -0.367. The molecule has 0 aromatic carbocycles. The molecule has 0 amide bonds. The number of hydrogen-bond acceptors (Lipinski definition) is 5. The van der Waals surface area contributed by atoms with E-state index in [4.69, 9.17) is 11.5 Å². The molecule has 1 aromatic heterocycles. The number of nitrogens with two attached hydrogens (primary N) is 2. The summed E-state index contributed by atoms with van der Waals surface area (Å²) >= 11 is 0. The van der Waals surface area contributed by atoms with Crippen LogP contribution in [0.3, 0.4) is 0 Å². The molecule has 5 nitrogen and oxygen atoms in total. The third-order valence-corrected chi connectivity index (χ3v) is 2.18. The average Bonchev–Trinajstić information content (AvgIpc) is 2.24. The van der Waals surface area contributed by atoms with Crippen molar-refractivity contribution in [2.24, 2.45) is 21.5 Å². The Kier molecular flexibility index (Phi) is 2.11. The van der Waals surface area contributed by atoms with Crippen LogP contribution in [-0.2, 0) is 5.66 Å². The second-order valence-electron chi connectivity index (χ2n) is 3.09. The average molecular weight is 189 g/mol. The van der Waals surface area contributed by atoms with E-state index in [0.29, 0.717) is 0 Å². The van der Waals surface area contributed by atoms with Gasteiger partial charge in [-0.2, -0.15) is 0 Å². The maximum absolute atomic E-state index is 6.05. The first kappa shape index (κ1) is 8.98. The van der Waals surface area contributed by atoms with E-state index in [1.165, 1.54) is 0 Å². The highest BCUT2D eigenvalue weighted by molar-refractivity contribution is 6.16. The van der Waals surface area contributed by atoms with Gasteiger partial charge in [-0.1, -0.05) is 6.07 Å². The van der Waals surface area contributed by atoms with E-state index in [1.807, 2.05) is 6.07 Å². The van der Waals surface area contributed by atoms with Crippen molar-refractivity contribution in [2.75, 3.05) is 0 Å². The lowest BCUT2D eigenvalue weighted by Crippen LogP contribution is -2.51. The number of rotatable bonds is 1. The summed E-state index contributed by atoms with van der Waals surface area (Å²) < 4.78 is 0. The third kappa shape index (κ3) is 1.32. The van der Waals surface area contributed by atoms with Crippen LogP contribution in [0.15, 0.2) is 34.5 Å².